The van der Waals surface area contributed by atoms with Crippen molar-refractivity contribution in [3.8, 4) is 6.01 Å². The molecule has 154 valence electrons. The Hall–Kier alpha value is -1.98. The maximum atomic E-state index is 12.9. The number of piperidine rings is 1. The van der Waals surface area contributed by atoms with Gasteiger partial charge in [-0.1, -0.05) is 13.3 Å². The van der Waals surface area contributed by atoms with Crippen molar-refractivity contribution >= 4 is 27.5 Å². The molecule has 0 spiro atoms. The Morgan fingerprint density at radius 1 is 1.43 bits per heavy atom. The molecule has 3 rings (SSSR count). The van der Waals surface area contributed by atoms with E-state index in [0.717, 1.165) is 15.9 Å². The molecular weight excluding hydrogens is 399 g/mol. The molecule has 0 atom stereocenters. The van der Waals surface area contributed by atoms with E-state index in [1.54, 1.807) is 6.07 Å². The fraction of sp³-hybridized carbons (Fsp3) is 0.588. The molecule has 1 aliphatic heterocycles. The van der Waals surface area contributed by atoms with Gasteiger partial charge in [-0.2, -0.15) is 18.2 Å². The van der Waals surface area contributed by atoms with Gasteiger partial charge >= 0.3 is 18.2 Å². The summed E-state index contributed by atoms with van der Waals surface area (Å²) < 4.78 is 43.3. The van der Waals surface area contributed by atoms with Crippen molar-refractivity contribution in [1.82, 2.24) is 14.9 Å². The molecule has 1 fully saturated rings. The number of alkyl halides is 3. The number of aliphatic hydroxyl groups is 1. The number of aromatic nitrogens is 2. The number of carbonyl (C=O) groups is 1. The summed E-state index contributed by atoms with van der Waals surface area (Å²) in [5.41, 5.74) is -1.95. The van der Waals surface area contributed by atoms with Crippen molar-refractivity contribution < 1.29 is 27.8 Å². The topological polar surface area (TPSA) is 93.5 Å². The van der Waals surface area contributed by atoms with Crippen LogP contribution >= 0.6 is 11.3 Å². The van der Waals surface area contributed by atoms with Gasteiger partial charge in [-0.25, -0.2) is 4.79 Å². The van der Waals surface area contributed by atoms with Crippen molar-refractivity contribution in [2.75, 3.05) is 13.1 Å². The molecule has 0 aromatic carbocycles. The van der Waals surface area contributed by atoms with E-state index in [0.29, 0.717) is 32.4 Å². The standard InChI is InChI=1S/C17H20F3N3O4S/c1-2-3-10-8-11-12(28-10)22-15(27-14(25)17(18,19)20)23(13(11)24)9-16(26)4-6-21-7-5-16/h8,21,26H,2-7,9H2,1H3. The molecule has 0 bridgehead atoms. The Bertz CT molecular complexity index is 932. The van der Waals surface area contributed by atoms with E-state index < -0.39 is 29.3 Å². The number of hydrogen-bond acceptors (Lipinski definition) is 7. The minimum atomic E-state index is -5.23. The molecule has 2 aromatic rings. The third kappa shape index (κ3) is 4.36. The number of esters is 1. The summed E-state index contributed by atoms with van der Waals surface area (Å²) >= 11 is 1.17. The first-order valence-corrected chi connectivity index (χ1v) is 9.70. The number of nitrogens with zero attached hydrogens (tertiary/aromatic N) is 2. The second-order valence-electron chi connectivity index (χ2n) is 6.83. The van der Waals surface area contributed by atoms with Crippen LogP contribution in [-0.4, -0.2) is 45.5 Å². The zero-order valence-electron chi connectivity index (χ0n) is 15.1. The van der Waals surface area contributed by atoms with Gasteiger partial charge < -0.3 is 15.2 Å². The predicted octanol–water partition coefficient (Wildman–Crippen LogP) is 1.99. The third-order valence-electron chi connectivity index (χ3n) is 4.57. The van der Waals surface area contributed by atoms with Gasteiger partial charge in [0, 0.05) is 4.88 Å². The fourth-order valence-electron chi connectivity index (χ4n) is 3.12. The highest BCUT2D eigenvalue weighted by atomic mass is 32.1. The molecule has 11 heteroatoms. The van der Waals surface area contributed by atoms with Crippen LogP contribution in [0.25, 0.3) is 10.2 Å². The molecule has 0 unspecified atom stereocenters. The summed E-state index contributed by atoms with van der Waals surface area (Å²) in [4.78, 5) is 29.3. The van der Waals surface area contributed by atoms with E-state index in [1.807, 2.05) is 6.92 Å². The Balaban J connectivity index is 2.08. The second-order valence-corrected chi connectivity index (χ2v) is 7.94. The lowest BCUT2D eigenvalue weighted by atomic mass is 9.92. The van der Waals surface area contributed by atoms with Gasteiger partial charge in [0.05, 0.1) is 17.5 Å². The van der Waals surface area contributed by atoms with Crippen molar-refractivity contribution in [3.05, 3.63) is 21.3 Å². The molecule has 3 heterocycles. The molecule has 1 saturated heterocycles. The summed E-state index contributed by atoms with van der Waals surface area (Å²) in [6.07, 6.45) is -3.12. The molecular formula is C17H20F3N3O4S. The van der Waals surface area contributed by atoms with E-state index in [-0.39, 0.29) is 16.8 Å². The highest BCUT2D eigenvalue weighted by Crippen LogP contribution is 2.28. The van der Waals surface area contributed by atoms with E-state index >= 15 is 0 Å². The second kappa shape index (κ2) is 7.80. The highest BCUT2D eigenvalue weighted by molar-refractivity contribution is 7.18. The summed E-state index contributed by atoms with van der Waals surface area (Å²) in [7, 11) is 0. The average molecular weight is 419 g/mol. The maximum Gasteiger partial charge on any atom is 0.491 e. The van der Waals surface area contributed by atoms with Crippen LogP contribution < -0.4 is 15.6 Å². The van der Waals surface area contributed by atoms with Gasteiger partial charge in [0.2, 0.25) is 0 Å². The van der Waals surface area contributed by atoms with Crippen LogP contribution in [0.1, 0.15) is 31.1 Å². The van der Waals surface area contributed by atoms with E-state index in [4.69, 9.17) is 0 Å². The number of aryl methyl sites for hydroxylation is 1. The van der Waals surface area contributed by atoms with Crippen LogP contribution in [0.5, 0.6) is 6.01 Å². The first-order chi connectivity index (χ1) is 13.1. The van der Waals surface area contributed by atoms with Gasteiger partial charge in [-0.3, -0.25) is 9.36 Å². The largest absolute Gasteiger partial charge is 0.491 e. The van der Waals surface area contributed by atoms with Crippen LogP contribution in [0, 0.1) is 0 Å². The molecule has 0 saturated carbocycles. The van der Waals surface area contributed by atoms with Gasteiger partial charge in [0.1, 0.15) is 4.83 Å². The van der Waals surface area contributed by atoms with Crippen LogP contribution in [0.4, 0.5) is 13.2 Å². The normalized spacial score (nSPS) is 17.0. The Morgan fingerprint density at radius 3 is 2.71 bits per heavy atom. The number of rotatable bonds is 5. The zero-order valence-corrected chi connectivity index (χ0v) is 16.0. The lowest BCUT2D eigenvalue weighted by Gasteiger charge is -2.33. The molecule has 28 heavy (non-hydrogen) atoms. The van der Waals surface area contributed by atoms with Crippen LogP contribution in [0.15, 0.2) is 10.9 Å². The summed E-state index contributed by atoms with van der Waals surface area (Å²) in [6, 6.07) is 0.897. The average Bonchev–Trinajstić information content (AvgIpc) is 3.01. The summed E-state index contributed by atoms with van der Waals surface area (Å²) in [6.45, 7) is 2.64. The minimum absolute atomic E-state index is 0.201. The van der Waals surface area contributed by atoms with Gasteiger partial charge in [-0.15, -0.1) is 11.3 Å². The SMILES string of the molecule is CCCc1cc2c(=O)n(CC3(O)CCNCC3)c(OC(=O)C(F)(F)F)nc2s1. The van der Waals surface area contributed by atoms with E-state index in [9.17, 15) is 27.9 Å². The van der Waals surface area contributed by atoms with Crippen molar-refractivity contribution in [3.63, 3.8) is 0 Å². The van der Waals surface area contributed by atoms with Crippen molar-refractivity contribution in [1.29, 1.82) is 0 Å². The van der Waals surface area contributed by atoms with Gasteiger partial charge in [0.15, 0.2) is 0 Å². The zero-order chi connectivity index (χ0) is 20.5. The number of fused-ring (bicyclic) bond motifs is 1. The Labute approximate surface area is 162 Å². The Morgan fingerprint density at radius 2 is 2.11 bits per heavy atom. The number of halogens is 3. The number of ether oxygens (including phenoxy) is 1. The van der Waals surface area contributed by atoms with Crippen LogP contribution in [0.2, 0.25) is 0 Å². The fourth-order valence-corrected chi connectivity index (χ4v) is 4.23. The molecule has 0 aliphatic carbocycles. The van der Waals surface area contributed by atoms with Gasteiger partial charge in [-0.05, 0) is 38.4 Å². The molecule has 2 aromatic heterocycles. The number of hydrogen-bond donors (Lipinski definition) is 2. The summed E-state index contributed by atoms with van der Waals surface area (Å²) in [5, 5.41) is 14.0. The van der Waals surface area contributed by atoms with Crippen molar-refractivity contribution in [2.45, 2.75) is 50.9 Å². The van der Waals surface area contributed by atoms with E-state index in [2.05, 4.69) is 15.0 Å². The monoisotopic (exact) mass is 419 g/mol. The van der Waals surface area contributed by atoms with Crippen LogP contribution in [-0.2, 0) is 17.8 Å². The minimum Gasteiger partial charge on any atom is -0.388 e. The number of nitrogens with one attached hydrogen (secondary N) is 1. The number of thiophene rings is 1. The lowest BCUT2D eigenvalue weighted by Crippen LogP contribution is -2.47. The first kappa shape index (κ1) is 20.7. The summed E-state index contributed by atoms with van der Waals surface area (Å²) in [5.74, 6) is -2.46. The molecule has 2 N–H and O–H groups in total. The maximum absolute atomic E-state index is 12.9. The van der Waals surface area contributed by atoms with Crippen LogP contribution in [0.3, 0.4) is 0 Å². The molecule has 0 radical (unpaired) electrons. The first-order valence-electron chi connectivity index (χ1n) is 8.88. The molecule has 0 amide bonds. The molecule has 1 aliphatic rings. The third-order valence-corrected chi connectivity index (χ3v) is 5.65. The molecule has 7 nitrogen and oxygen atoms in total. The van der Waals surface area contributed by atoms with E-state index in [1.165, 1.54) is 11.3 Å². The predicted molar refractivity (Wildman–Crippen MR) is 96.6 cm³/mol. The van der Waals surface area contributed by atoms with Gasteiger partial charge in [0.25, 0.3) is 5.56 Å². The number of carbonyl (C=O) groups excluding carboxylic acids is 1. The lowest BCUT2D eigenvalue weighted by molar-refractivity contribution is -0.190. The highest BCUT2D eigenvalue weighted by Gasteiger charge is 2.42. The van der Waals surface area contributed by atoms with Crippen molar-refractivity contribution in [2.24, 2.45) is 0 Å². The quantitative estimate of drug-likeness (QED) is 0.720. The smallest absolute Gasteiger partial charge is 0.388 e. The Kier molecular flexibility index (Phi) is 5.78.